The summed E-state index contributed by atoms with van der Waals surface area (Å²) in [5, 5.41) is 9.51. The van der Waals surface area contributed by atoms with E-state index in [-0.39, 0.29) is 17.9 Å². The fourth-order valence-electron chi connectivity index (χ4n) is 2.81. The summed E-state index contributed by atoms with van der Waals surface area (Å²) in [7, 11) is 0. The molecule has 1 N–H and O–H groups in total. The first kappa shape index (κ1) is 15.0. The van der Waals surface area contributed by atoms with Gasteiger partial charge in [0.15, 0.2) is 0 Å². The van der Waals surface area contributed by atoms with Crippen molar-refractivity contribution in [3.8, 4) is 0 Å². The molecule has 20 heavy (non-hydrogen) atoms. The number of amides is 1. The molecular formula is C16H24N2O2. The van der Waals surface area contributed by atoms with Crippen molar-refractivity contribution in [2.24, 2.45) is 5.41 Å². The van der Waals surface area contributed by atoms with Crippen LogP contribution < -0.4 is 0 Å². The Kier molecular flexibility index (Phi) is 5.12. The Balaban J connectivity index is 1.80. The molecule has 1 saturated heterocycles. The van der Waals surface area contributed by atoms with Crippen LogP contribution in [0.4, 0.5) is 0 Å². The smallest absolute Gasteiger partial charge is 0.222 e. The second-order valence-electron chi connectivity index (χ2n) is 5.75. The number of aliphatic hydroxyl groups is 1. The molecule has 1 aliphatic rings. The second kappa shape index (κ2) is 6.84. The van der Waals surface area contributed by atoms with Crippen LogP contribution in [0, 0.1) is 5.41 Å². The quantitative estimate of drug-likeness (QED) is 0.895. The summed E-state index contributed by atoms with van der Waals surface area (Å²) in [5.74, 6) is 0.219. The zero-order chi connectivity index (χ0) is 14.4. The van der Waals surface area contributed by atoms with Crippen LogP contribution in [0.2, 0.25) is 0 Å². The van der Waals surface area contributed by atoms with Gasteiger partial charge in [-0.15, -0.1) is 0 Å². The van der Waals surface area contributed by atoms with Crippen molar-refractivity contribution >= 4 is 5.91 Å². The molecule has 0 radical (unpaired) electrons. The Hall–Kier alpha value is -1.42. The van der Waals surface area contributed by atoms with Crippen molar-refractivity contribution in [3.05, 3.63) is 30.1 Å². The van der Waals surface area contributed by atoms with Gasteiger partial charge in [0.05, 0.1) is 0 Å². The maximum atomic E-state index is 12.2. The molecule has 0 atom stereocenters. The predicted octanol–water partition coefficient (Wildman–Crippen LogP) is 2.03. The van der Waals surface area contributed by atoms with Gasteiger partial charge in [0.25, 0.3) is 0 Å². The van der Waals surface area contributed by atoms with Gasteiger partial charge in [-0.3, -0.25) is 9.78 Å². The Morgan fingerprint density at radius 1 is 1.45 bits per heavy atom. The lowest BCUT2D eigenvalue weighted by atomic mass is 9.77. The highest BCUT2D eigenvalue weighted by atomic mass is 16.3. The Labute approximate surface area is 120 Å². The molecule has 1 fully saturated rings. The van der Waals surface area contributed by atoms with Crippen LogP contribution in [-0.2, 0) is 11.2 Å². The average Bonchev–Trinajstić information content (AvgIpc) is 2.53. The van der Waals surface area contributed by atoms with Crippen LogP contribution in [0.15, 0.2) is 24.5 Å². The minimum absolute atomic E-state index is 0.0418. The molecule has 0 aromatic carbocycles. The Bertz CT molecular complexity index is 419. The third-order valence-corrected chi connectivity index (χ3v) is 4.61. The van der Waals surface area contributed by atoms with Gasteiger partial charge in [-0.2, -0.15) is 0 Å². The molecule has 1 amide bonds. The van der Waals surface area contributed by atoms with Gasteiger partial charge in [0.1, 0.15) is 0 Å². The lowest BCUT2D eigenvalue weighted by Crippen LogP contribution is -2.44. The normalized spacial score (nSPS) is 18.0. The van der Waals surface area contributed by atoms with E-state index in [9.17, 15) is 9.90 Å². The number of pyridine rings is 1. The fraction of sp³-hybridized carbons (Fsp3) is 0.625. The van der Waals surface area contributed by atoms with Crippen molar-refractivity contribution in [2.75, 3.05) is 19.7 Å². The van der Waals surface area contributed by atoms with Gasteiger partial charge in [0, 0.05) is 38.5 Å². The number of likely N-dealkylation sites (tertiary alicyclic amines) is 1. The number of rotatable bonds is 5. The summed E-state index contributed by atoms with van der Waals surface area (Å²) < 4.78 is 0. The third-order valence-electron chi connectivity index (χ3n) is 4.61. The Morgan fingerprint density at radius 3 is 2.75 bits per heavy atom. The summed E-state index contributed by atoms with van der Waals surface area (Å²) in [6.07, 6.45) is 7.68. The molecule has 1 aromatic heterocycles. The fourth-order valence-corrected chi connectivity index (χ4v) is 2.81. The van der Waals surface area contributed by atoms with Gasteiger partial charge in [-0.05, 0) is 42.7 Å². The number of nitrogens with zero attached hydrogens (tertiary/aromatic N) is 2. The number of piperidine rings is 1. The van der Waals surface area contributed by atoms with Gasteiger partial charge >= 0.3 is 0 Å². The van der Waals surface area contributed by atoms with Gasteiger partial charge in [-0.1, -0.05) is 13.0 Å². The maximum Gasteiger partial charge on any atom is 0.222 e. The van der Waals surface area contributed by atoms with Crippen LogP contribution >= 0.6 is 0 Å². The van der Waals surface area contributed by atoms with Crippen LogP contribution in [0.25, 0.3) is 0 Å². The highest BCUT2D eigenvalue weighted by Crippen LogP contribution is 2.34. The van der Waals surface area contributed by atoms with E-state index in [0.717, 1.165) is 44.3 Å². The molecule has 1 aliphatic heterocycles. The van der Waals surface area contributed by atoms with Crippen LogP contribution in [-0.4, -0.2) is 40.6 Å². The van der Waals surface area contributed by atoms with Crippen molar-refractivity contribution < 1.29 is 9.90 Å². The van der Waals surface area contributed by atoms with Crippen molar-refractivity contribution in [1.29, 1.82) is 0 Å². The van der Waals surface area contributed by atoms with Crippen LogP contribution in [0.5, 0.6) is 0 Å². The molecule has 2 rings (SSSR count). The topological polar surface area (TPSA) is 53.4 Å². The van der Waals surface area contributed by atoms with E-state index in [4.69, 9.17) is 0 Å². The molecule has 0 spiro atoms. The third kappa shape index (κ3) is 3.57. The minimum Gasteiger partial charge on any atom is -0.396 e. The first-order valence-corrected chi connectivity index (χ1v) is 7.47. The summed E-state index contributed by atoms with van der Waals surface area (Å²) in [4.78, 5) is 18.2. The lowest BCUT2D eigenvalue weighted by Gasteiger charge is -2.40. The van der Waals surface area contributed by atoms with E-state index in [1.165, 1.54) is 0 Å². The van der Waals surface area contributed by atoms with E-state index in [1.54, 1.807) is 6.20 Å². The standard InChI is InChI=1S/C16H24N2O2/c1-2-16(13-19)7-10-18(11-8-16)15(20)6-5-14-4-3-9-17-12-14/h3-4,9,12,19H,2,5-8,10-11,13H2,1H3. The maximum absolute atomic E-state index is 12.2. The first-order chi connectivity index (χ1) is 9.69. The number of carbonyl (C=O) groups excluding carboxylic acids is 1. The molecule has 0 saturated carbocycles. The number of carbonyl (C=O) groups is 1. The van der Waals surface area contributed by atoms with E-state index in [2.05, 4.69) is 11.9 Å². The summed E-state index contributed by atoms with van der Waals surface area (Å²) >= 11 is 0. The number of hydrogen-bond donors (Lipinski definition) is 1. The largest absolute Gasteiger partial charge is 0.396 e. The minimum atomic E-state index is 0.0418. The van der Waals surface area contributed by atoms with E-state index < -0.39 is 0 Å². The van der Waals surface area contributed by atoms with Gasteiger partial charge in [0.2, 0.25) is 5.91 Å². The molecule has 4 heteroatoms. The van der Waals surface area contributed by atoms with Crippen molar-refractivity contribution in [1.82, 2.24) is 9.88 Å². The molecule has 0 bridgehead atoms. The van der Waals surface area contributed by atoms with Crippen LogP contribution in [0.1, 0.15) is 38.2 Å². The summed E-state index contributed by atoms with van der Waals surface area (Å²) in [6.45, 7) is 3.91. The summed E-state index contributed by atoms with van der Waals surface area (Å²) in [6, 6.07) is 3.90. The molecule has 1 aromatic rings. The highest BCUT2D eigenvalue weighted by molar-refractivity contribution is 5.76. The number of aryl methyl sites for hydroxylation is 1. The molecular weight excluding hydrogens is 252 g/mol. The first-order valence-electron chi connectivity index (χ1n) is 7.47. The highest BCUT2D eigenvalue weighted by Gasteiger charge is 2.33. The van der Waals surface area contributed by atoms with E-state index in [1.807, 2.05) is 23.2 Å². The zero-order valence-corrected chi connectivity index (χ0v) is 12.2. The van der Waals surface area contributed by atoms with E-state index in [0.29, 0.717) is 6.42 Å². The SMILES string of the molecule is CCC1(CO)CCN(C(=O)CCc2cccnc2)CC1. The number of aliphatic hydroxyl groups excluding tert-OH is 1. The lowest BCUT2D eigenvalue weighted by molar-refractivity contribution is -0.134. The molecule has 0 aliphatic carbocycles. The predicted molar refractivity (Wildman–Crippen MR) is 78.2 cm³/mol. The molecule has 2 heterocycles. The number of hydrogen-bond acceptors (Lipinski definition) is 3. The zero-order valence-electron chi connectivity index (χ0n) is 12.2. The van der Waals surface area contributed by atoms with E-state index >= 15 is 0 Å². The van der Waals surface area contributed by atoms with Crippen molar-refractivity contribution in [3.63, 3.8) is 0 Å². The van der Waals surface area contributed by atoms with Crippen LogP contribution in [0.3, 0.4) is 0 Å². The van der Waals surface area contributed by atoms with Gasteiger partial charge in [-0.25, -0.2) is 0 Å². The molecule has 4 nitrogen and oxygen atoms in total. The average molecular weight is 276 g/mol. The Morgan fingerprint density at radius 2 is 2.20 bits per heavy atom. The monoisotopic (exact) mass is 276 g/mol. The van der Waals surface area contributed by atoms with Crippen molar-refractivity contribution in [2.45, 2.75) is 39.0 Å². The summed E-state index contributed by atoms with van der Waals surface area (Å²) in [5.41, 5.74) is 1.15. The van der Waals surface area contributed by atoms with Gasteiger partial charge < -0.3 is 10.0 Å². The second-order valence-corrected chi connectivity index (χ2v) is 5.75. The molecule has 0 unspecified atom stereocenters. The molecule has 110 valence electrons. The number of aromatic nitrogens is 1.